The van der Waals surface area contributed by atoms with Crippen molar-refractivity contribution >= 4 is 0 Å². The summed E-state index contributed by atoms with van der Waals surface area (Å²) >= 11 is 0. The Balaban J connectivity index is 2.40. The lowest BCUT2D eigenvalue weighted by Gasteiger charge is -2.17. The van der Waals surface area contributed by atoms with Crippen molar-refractivity contribution in [2.24, 2.45) is 0 Å². The molecule has 0 aliphatic rings. The molecule has 16 heavy (non-hydrogen) atoms. The Kier molecular flexibility index (Phi) is 2.96. The molecule has 0 fully saturated rings. The van der Waals surface area contributed by atoms with Crippen LogP contribution in [0.1, 0.15) is 19.9 Å². The van der Waals surface area contributed by atoms with E-state index in [2.05, 4.69) is 15.2 Å². The van der Waals surface area contributed by atoms with Crippen LogP contribution in [0, 0.1) is 0 Å². The van der Waals surface area contributed by atoms with Gasteiger partial charge in [0.1, 0.15) is 12.0 Å². The molecular weight excluding hydrogens is 204 g/mol. The van der Waals surface area contributed by atoms with Crippen LogP contribution in [0.25, 0.3) is 11.5 Å². The average molecular weight is 218 g/mol. The molecule has 5 nitrogen and oxygen atoms in total. The standard InChI is InChI=1S/C11H14N4O/c1-8(9(2)16)15-7-13-14-11(15)10-5-3-4-6-12-10/h3-9,16H,1-2H3/t8-,9?/m1/s1. The maximum absolute atomic E-state index is 9.57. The van der Waals surface area contributed by atoms with E-state index in [-0.39, 0.29) is 6.04 Å². The minimum Gasteiger partial charge on any atom is -0.391 e. The molecule has 0 saturated heterocycles. The van der Waals surface area contributed by atoms with Gasteiger partial charge in [0.05, 0.1) is 12.1 Å². The zero-order chi connectivity index (χ0) is 11.5. The van der Waals surface area contributed by atoms with Crippen molar-refractivity contribution in [2.45, 2.75) is 26.0 Å². The van der Waals surface area contributed by atoms with Crippen LogP contribution in [-0.4, -0.2) is 31.0 Å². The summed E-state index contributed by atoms with van der Waals surface area (Å²) in [6.07, 6.45) is 2.86. The lowest BCUT2D eigenvalue weighted by atomic mass is 10.2. The predicted octanol–water partition coefficient (Wildman–Crippen LogP) is 1.28. The van der Waals surface area contributed by atoms with Crippen molar-refractivity contribution < 1.29 is 5.11 Å². The topological polar surface area (TPSA) is 63.8 Å². The number of aliphatic hydroxyl groups excluding tert-OH is 1. The van der Waals surface area contributed by atoms with Gasteiger partial charge < -0.3 is 9.67 Å². The van der Waals surface area contributed by atoms with Crippen LogP contribution in [0.4, 0.5) is 0 Å². The summed E-state index contributed by atoms with van der Waals surface area (Å²) in [5, 5.41) is 17.5. The maximum atomic E-state index is 9.57. The molecule has 5 heteroatoms. The molecule has 0 aromatic carbocycles. The molecular formula is C11H14N4O. The first-order valence-corrected chi connectivity index (χ1v) is 5.19. The normalized spacial score (nSPS) is 14.7. The van der Waals surface area contributed by atoms with Gasteiger partial charge in [-0.05, 0) is 26.0 Å². The molecule has 0 aliphatic carbocycles. The Bertz CT molecular complexity index is 452. The summed E-state index contributed by atoms with van der Waals surface area (Å²) in [5.74, 6) is 0.675. The summed E-state index contributed by atoms with van der Waals surface area (Å²) in [7, 11) is 0. The lowest BCUT2D eigenvalue weighted by molar-refractivity contribution is 0.139. The van der Waals surface area contributed by atoms with Crippen LogP contribution in [0.15, 0.2) is 30.7 Å². The van der Waals surface area contributed by atoms with E-state index in [1.807, 2.05) is 29.7 Å². The van der Waals surface area contributed by atoms with Crippen molar-refractivity contribution in [3.63, 3.8) is 0 Å². The summed E-state index contributed by atoms with van der Waals surface area (Å²) in [6, 6.07) is 5.54. The van der Waals surface area contributed by atoms with Crippen LogP contribution >= 0.6 is 0 Å². The molecule has 1 N–H and O–H groups in total. The van der Waals surface area contributed by atoms with Gasteiger partial charge in [-0.2, -0.15) is 0 Å². The van der Waals surface area contributed by atoms with Gasteiger partial charge in [0.15, 0.2) is 5.82 Å². The molecule has 0 bridgehead atoms. The third-order valence-corrected chi connectivity index (χ3v) is 2.60. The highest BCUT2D eigenvalue weighted by Gasteiger charge is 2.16. The summed E-state index contributed by atoms with van der Waals surface area (Å²) in [6.45, 7) is 3.66. The Morgan fingerprint density at radius 3 is 2.75 bits per heavy atom. The van der Waals surface area contributed by atoms with E-state index in [0.29, 0.717) is 5.82 Å². The molecule has 0 saturated carbocycles. The van der Waals surface area contributed by atoms with Crippen LogP contribution in [-0.2, 0) is 0 Å². The molecule has 2 aromatic heterocycles. The van der Waals surface area contributed by atoms with Crippen LogP contribution < -0.4 is 0 Å². The number of hydrogen-bond acceptors (Lipinski definition) is 4. The van der Waals surface area contributed by atoms with E-state index in [4.69, 9.17) is 0 Å². The first-order chi connectivity index (χ1) is 7.70. The van der Waals surface area contributed by atoms with Gasteiger partial charge in [0.25, 0.3) is 0 Å². The van der Waals surface area contributed by atoms with Gasteiger partial charge in [0, 0.05) is 6.20 Å². The predicted molar refractivity (Wildman–Crippen MR) is 59.6 cm³/mol. The van der Waals surface area contributed by atoms with E-state index in [1.165, 1.54) is 0 Å². The first kappa shape index (κ1) is 10.8. The van der Waals surface area contributed by atoms with Crippen molar-refractivity contribution in [1.82, 2.24) is 19.7 Å². The molecule has 0 spiro atoms. The quantitative estimate of drug-likeness (QED) is 0.843. The van der Waals surface area contributed by atoms with Crippen molar-refractivity contribution in [2.75, 3.05) is 0 Å². The Labute approximate surface area is 93.8 Å². The highest BCUT2D eigenvalue weighted by Crippen LogP contribution is 2.19. The molecule has 0 amide bonds. The number of aliphatic hydroxyl groups is 1. The molecule has 2 atom stereocenters. The van der Waals surface area contributed by atoms with E-state index >= 15 is 0 Å². The van der Waals surface area contributed by atoms with E-state index in [9.17, 15) is 5.11 Å². The fourth-order valence-corrected chi connectivity index (χ4v) is 1.45. The van der Waals surface area contributed by atoms with Crippen molar-refractivity contribution in [1.29, 1.82) is 0 Å². The van der Waals surface area contributed by atoms with Gasteiger partial charge in [-0.25, -0.2) is 0 Å². The maximum Gasteiger partial charge on any atom is 0.182 e. The third-order valence-electron chi connectivity index (χ3n) is 2.60. The number of rotatable bonds is 3. The molecule has 2 aromatic rings. The number of aromatic nitrogens is 4. The van der Waals surface area contributed by atoms with Crippen LogP contribution in [0.2, 0.25) is 0 Å². The smallest absolute Gasteiger partial charge is 0.182 e. The second-order valence-electron chi connectivity index (χ2n) is 3.76. The monoisotopic (exact) mass is 218 g/mol. The molecule has 2 rings (SSSR count). The van der Waals surface area contributed by atoms with Gasteiger partial charge in [-0.15, -0.1) is 10.2 Å². The number of pyridine rings is 1. The largest absolute Gasteiger partial charge is 0.391 e. The van der Waals surface area contributed by atoms with Crippen molar-refractivity contribution in [3.05, 3.63) is 30.7 Å². The van der Waals surface area contributed by atoms with Gasteiger partial charge in [-0.1, -0.05) is 6.07 Å². The third kappa shape index (κ3) is 1.94. The summed E-state index contributed by atoms with van der Waals surface area (Å²) in [5.41, 5.74) is 0.757. The molecule has 0 radical (unpaired) electrons. The minimum absolute atomic E-state index is 0.0768. The zero-order valence-corrected chi connectivity index (χ0v) is 9.28. The van der Waals surface area contributed by atoms with Crippen molar-refractivity contribution in [3.8, 4) is 11.5 Å². The highest BCUT2D eigenvalue weighted by atomic mass is 16.3. The van der Waals surface area contributed by atoms with Crippen LogP contribution in [0.5, 0.6) is 0 Å². The second-order valence-corrected chi connectivity index (χ2v) is 3.76. The summed E-state index contributed by atoms with van der Waals surface area (Å²) < 4.78 is 1.83. The minimum atomic E-state index is -0.460. The Morgan fingerprint density at radius 1 is 1.31 bits per heavy atom. The summed E-state index contributed by atoms with van der Waals surface area (Å²) in [4.78, 5) is 4.22. The Morgan fingerprint density at radius 2 is 2.12 bits per heavy atom. The molecule has 0 aliphatic heterocycles. The second kappa shape index (κ2) is 4.40. The number of nitrogens with zero attached hydrogens (tertiary/aromatic N) is 4. The zero-order valence-electron chi connectivity index (χ0n) is 9.28. The fraction of sp³-hybridized carbons (Fsp3) is 0.364. The van der Waals surface area contributed by atoms with Gasteiger partial charge in [0.2, 0.25) is 0 Å². The van der Waals surface area contributed by atoms with Crippen LogP contribution in [0.3, 0.4) is 0 Å². The lowest BCUT2D eigenvalue weighted by Crippen LogP contribution is -2.18. The molecule has 2 heterocycles. The first-order valence-electron chi connectivity index (χ1n) is 5.19. The Hall–Kier alpha value is -1.75. The van der Waals surface area contributed by atoms with E-state index < -0.39 is 6.10 Å². The SMILES string of the molecule is CC(O)[C@@H](C)n1cnnc1-c1ccccn1. The highest BCUT2D eigenvalue weighted by molar-refractivity contribution is 5.48. The van der Waals surface area contributed by atoms with E-state index in [0.717, 1.165) is 5.69 Å². The molecule has 1 unspecified atom stereocenters. The van der Waals surface area contributed by atoms with E-state index in [1.54, 1.807) is 19.4 Å². The molecule has 84 valence electrons. The number of hydrogen-bond donors (Lipinski definition) is 1. The fourth-order valence-electron chi connectivity index (χ4n) is 1.45. The van der Waals surface area contributed by atoms with Gasteiger partial charge in [-0.3, -0.25) is 4.98 Å². The van der Waals surface area contributed by atoms with Gasteiger partial charge >= 0.3 is 0 Å². The average Bonchev–Trinajstić information content (AvgIpc) is 2.77.